The number of hydrogen-bond acceptors (Lipinski definition) is 3. The fourth-order valence-electron chi connectivity index (χ4n) is 1.39. The van der Waals surface area contributed by atoms with E-state index in [1.54, 1.807) is 0 Å². The summed E-state index contributed by atoms with van der Waals surface area (Å²) in [6, 6.07) is 2.01. The molecule has 0 N–H and O–H groups in total. The van der Waals surface area contributed by atoms with Crippen molar-refractivity contribution >= 4 is 21.6 Å². The average Bonchev–Trinajstić information content (AvgIpc) is 2.15. The van der Waals surface area contributed by atoms with Crippen molar-refractivity contribution in [2.24, 2.45) is 0 Å². The van der Waals surface area contributed by atoms with Crippen molar-refractivity contribution in [3.8, 4) is 0 Å². The molecule has 4 nitrogen and oxygen atoms in total. The zero-order valence-corrected chi connectivity index (χ0v) is 10.8. The van der Waals surface area contributed by atoms with Gasteiger partial charge in [0.05, 0.1) is 16.6 Å². The van der Waals surface area contributed by atoms with Crippen LogP contribution in [-0.4, -0.2) is 23.9 Å². The van der Waals surface area contributed by atoms with Gasteiger partial charge >= 0.3 is 0 Å². The first-order valence-corrected chi connectivity index (χ1v) is 5.43. The Bertz CT molecular complexity index is 424. The normalized spacial score (nSPS) is 12.9. The highest BCUT2D eigenvalue weighted by Crippen LogP contribution is 2.35. The molecular weight excluding hydrogens is 279 g/mol. The second-order valence-electron chi connectivity index (χ2n) is 3.72. The highest BCUT2D eigenvalue weighted by Gasteiger charge is 2.24. The standard InChI is InChI=1S/C10H12BrFN2O2/c1-6(13(2)3)10-8(11)4-7(12)5-9(10)14(15)16/h4-6H,1-3H3. The molecule has 0 amide bonds. The van der Waals surface area contributed by atoms with E-state index >= 15 is 0 Å². The smallest absolute Gasteiger partial charge is 0.278 e. The van der Waals surface area contributed by atoms with Crippen LogP contribution in [0.4, 0.5) is 10.1 Å². The Kier molecular flexibility index (Phi) is 3.98. The summed E-state index contributed by atoms with van der Waals surface area (Å²) in [5, 5.41) is 10.9. The number of nitro groups is 1. The van der Waals surface area contributed by atoms with E-state index in [9.17, 15) is 14.5 Å². The minimum Gasteiger partial charge on any atom is -0.302 e. The maximum Gasteiger partial charge on any atom is 0.278 e. The van der Waals surface area contributed by atoms with Gasteiger partial charge in [-0.1, -0.05) is 15.9 Å². The highest BCUT2D eigenvalue weighted by molar-refractivity contribution is 9.10. The summed E-state index contributed by atoms with van der Waals surface area (Å²) in [5.74, 6) is -0.617. The molecule has 1 atom stereocenters. The average molecular weight is 291 g/mol. The van der Waals surface area contributed by atoms with Gasteiger partial charge in [-0.05, 0) is 27.1 Å². The Balaban J connectivity index is 3.41. The fraction of sp³-hybridized carbons (Fsp3) is 0.400. The molecule has 1 aromatic carbocycles. The molecule has 16 heavy (non-hydrogen) atoms. The van der Waals surface area contributed by atoms with E-state index in [1.807, 2.05) is 25.9 Å². The summed E-state index contributed by atoms with van der Waals surface area (Å²) >= 11 is 3.16. The van der Waals surface area contributed by atoms with Crippen molar-refractivity contribution in [3.63, 3.8) is 0 Å². The summed E-state index contributed by atoms with van der Waals surface area (Å²) in [6.07, 6.45) is 0. The van der Waals surface area contributed by atoms with Crippen molar-refractivity contribution in [1.29, 1.82) is 0 Å². The summed E-state index contributed by atoms with van der Waals surface area (Å²) in [6.45, 7) is 1.82. The molecule has 6 heteroatoms. The molecule has 0 radical (unpaired) electrons. The largest absolute Gasteiger partial charge is 0.302 e. The van der Waals surface area contributed by atoms with Crippen molar-refractivity contribution in [2.45, 2.75) is 13.0 Å². The van der Waals surface area contributed by atoms with Gasteiger partial charge < -0.3 is 4.90 Å². The summed E-state index contributed by atoms with van der Waals surface area (Å²) in [5.41, 5.74) is 0.282. The van der Waals surface area contributed by atoms with E-state index in [2.05, 4.69) is 15.9 Å². The van der Waals surface area contributed by atoms with Gasteiger partial charge in [0.25, 0.3) is 5.69 Å². The van der Waals surface area contributed by atoms with Crippen LogP contribution in [0.15, 0.2) is 16.6 Å². The molecule has 0 aromatic heterocycles. The maximum atomic E-state index is 13.1. The minimum absolute atomic E-state index is 0.171. The molecule has 0 saturated carbocycles. The zero-order chi connectivity index (χ0) is 12.5. The zero-order valence-electron chi connectivity index (χ0n) is 9.20. The molecule has 1 unspecified atom stereocenters. The highest BCUT2D eigenvalue weighted by atomic mass is 79.9. The molecule has 0 heterocycles. The van der Waals surface area contributed by atoms with Crippen LogP contribution in [0.2, 0.25) is 0 Å². The molecule has 0 fully saturated rings. The fourth-order valence-corrected chi connectivity index (χ4v) is 2.15. The Morgan fingerprint density at radius 3 is 2.50 bits per heavy atom. The van der Waals surface area contributed by atoms with Crippen LogP contribution in [0.5, 0.6) is 0 Å². The van der Waals surface area contributed by atoms with Gasteiger partial charge in [-0.2, -0.15) is 0 Å². The topological polar surface area (TPSA) is 46.4 Å². The van der Waals surface area contributed by atoms with Crippen LogP contribution in [0.25, 0.3) is 0 Å². The first-order valence-electron chi connectivity index (χ1n) is 4.64. The van der Waals surface area contributed by atoms with Gasteiger partial charge in [-0.25, -0.2) is 4.39 Å². The lowest BCUT2D eigenvalue weighted by atomic mass is 10.1. The number of rotatable bonds is 3. The van der Waals surface area contributed by atoms with Crippen LogP contribution in [-0.2, 0) is 0 Å². The van der Waals surface area contributed by atoms with E-state index in [-0.39, 0.29) is 11.7 Å². The van der Waals surface area contributed by atoms with Crippen molar-refractivity contribution in [2.75, 3.05) is 14.1 Å². The van der Waals surface area contributed by atoms with E-state index in [4.69, 9.17) is 0 Å². The third kappa shape index (κ3) is 2.56. The van der Waals surface area contributed by atoms with Gasteiger partial charge in [0, 0.05) is 10.5 Å². The first-order chi connectivity index (χ1) is 7.34. The van der Waals surface area contributed by atoms with Crippen molar-refractivity contribution in [3.05, 3.63) is 38.1 Å². The Hall–Kier alpha value is -1.01. The minimum atomic E-state index is -0.617. The predicted molar refractivity (Wildman–Crippen MR) is 62.9 cm³/mol. The molecule has 1 rings (SSSR count). The van der Waals surface area contributed by atoms with Gasteiger partial charge in [0.2, 0.25) is 0 Å². The van der Waals surface area contributed by atoms with Crippen molar-refractivity contribution in [1.82, 2.24) is 4.90 Å². The van der Waals surface area contributed by atoms with E-state index < -0.39 is 10.7 Å². The SMILES string of the molecule is CC(c1c(Br)cc(F)cc1[N+](=O)[O-])N(C)C. The molecular formula is C10H12BrFN2O2. The maximum absolute atomic E-state index is 13.1. The lowest BCUT2D eigenvalue weighted by molar-refractivity contribution is -0.386. The van der Waals surface area contributed by atoms with Crippen LogP contribution >= 0.6 is 15.9 Å². The molecule has 0 aliphatic carbocycles. The van der Waals surface area contributed by atoms with Crippen LogP contribution < -0.4 is 0 Å². The number of nitro benzene ring substituents is 1. The van der Waals surface area contributed by atoms with E-state index in [0.717, 1.165) is 6.07 Å². The van der Waals surface area contributed by atoms with Gasteiger partial charge in [-0.3, -0.25) is 10.1 Å². The predicted octanol–water partition coefficient (Wildman–Crippen LogP) is 3.12. The molecule has 0 aliphatic heterocycles. The Labute approximate surface area is 101 Å². The van der Waals surface area contributed by atoms with Crippen LogP contribution in [0.3, 0.4) is 0 Å². The van der Waals surface area contributed by atoms with Crippen LogP contribution in [0, 0.1) is 15.9 Å². The molecule has 0 bridgehead atoms. The number of halogens is 2. The van der Waals surface area contributed by atoms with Crippen LogP contribution in [0.1, 0.15) is 18.5 Å². The van der Waals surface area contributed by atoms with Gasteiger partial charge in [0.15, 0.2) is 0 Å². The van der Waals surface area contributed by atoms with E-state index in [1.165, 1.54) is 6.07 Å². The molecule has 0 spiro atoms. The summed E-state index contributed by atoms with van der Waals surface area (Å²) in [7, 11) is 3.62. The molecule has 88 valence electrons. The number of benzene rings is 1. The quantitative estimate of drug-likeness (QED) is 0.635. The van der Waals surface area contributed by atoms with Gasteiger partial charge in [-0.15, -0.1) is 0 Å². The number of nitrogens with zero attached hydrogens (tertiary/aromatic N) is 2. The number of hydrogen-bond donors (Lipinski definition) is 0. The lowest BCUT2D eigenvalue weighted by Crippen LogP contribution is -2.18. The third-order valence-electron chi connectivity index (χ3n) is 2.46. The lowest BCUT2D eigenvalue weighted by Gasteiger charge is -2.21. The van der Waals surface area contributed by atoms with E-state index in [0.29, 0.717) is 10.0 Å². The third-order valence-corrected chi connectivity index (χ3v) is 3.12. The molecule has 0 saturated heterocycles. The van der Waals surface area contributed by atoms with Crippen molar-refractivity contribution < 1.29 is 9.31 Å². The monoisotopic (exact) mass is 290 g/mol. The second-order valence-corrected chi connectivity index (χ2v) is 4.57. The Morgan fingerprint density at radius 1 is 1.50 bits per heavy atom. The van der Waals surface area contributed by atoms with Gasteiger partial charge in [0.1, 0.15) is 5.82 Å². The Morgan fingerprint density at radius 2 is 2.06 bits per heavy atom. The molecule has 1 aromatic rings. The summed E-state index contributed by atoms with van der Waals surface area (Å²) in [4.78, 5) is 12.1. The first kappa shape index (κ1) is 13.1. The molecule has 0 aliphatic rings. The summed E-state index contributed by atoms with van der Waals surface area (Å²) < 4.78 is 13.5. The second kappa shape index (κ2) is 4.88.